The Hall–Kier alpha value is -0.490. The molecule has 16 heavy (non-hydrogen) atoms. The first-order valence-corrected chi connectivity index (χ1v) is 6.70. The van der Waals surface area contributed by atoms with E-state index in [1.165, 1.54) is 28.8 Å². The van der Waals surface area contributed by atoms with Crippen molar-refractivity contribution < 1.29 is 0 Å². The van der Waals surface area contributed by atoms with Gasteiger partial charge < -0.3 is 16.0 Å². The normalized spacial score (nSPS) is 21.2. The predicted molar refractivity (Wildman–Crippen MR) is 77.7 cm³/mol. The van der Waals surface area contributed by atoms with E-state index in [2.05, 4.69) is 45.9 Å². The lowest BCUT2D eigenvalue weighted by Crippen LogP contribution is -2.19. The van der Waals surface area contributed by atoms with Crippen molar-refractivity contribution in [2.24, 2.45) is 5.92 Å². The first-order valence-electron chi connectivity index (χ1n) is 5.62. The summed E-state index contributed by atoms with van der Waals surface area (Å²) in [4.78, 5) is 2.39. The Morgan fingerprint density at radius 2 is 2.38 bits per heavy atom. The zero-order valence-electron chi connectivity index (χ0n) is 9.54. The lowest BCUT2D eigenvalue weighted by molar-refractivity contribution is 0.399. The highest BCUT2D eigenvalue weighted by molar-refractivity contribution is 14.1. The predicted octanol–water partition coefficient (Wildman–Crippen LogP) is 2.24. The van der Waals surface area contributed by atoms with Crippen LogP contribution in [0.4, 0.5) is 11.4 Å². The molecule has 1 atom stereocenters. The van der Waals surface area contributed by atoms with Crippen molar-refractivity contribution in [1.82, 2.24) is 4.90 Å². The fourth-order valence-electron chi connectivity index (χ4n) is 2.12. The Kier molecular flexibility index (Phi) is 3.91. The highest BCUT2D eigenvalue weighted by atomic mass is 127. The summed E-state index contributed by atoms with van der Waals surface area (Å²) in [6.45, 7) is 3.49. The minimum absolute atomic E-state index is 0.776. The Balaban J connectivity index is 1.89. The van der Waals surface area contributed by atoms with E-state index in [0.717, 1.165) is 18.2 Å². The van der Waals surface area contributed by atoms with Crippen LogP contribution in [-0.4, -0.2) is 31.6 Å². The van der Waals surface area contributed by atoms with Gasteiger partial charge in [0.05, 0.1) is 0 Å². The molecule has 1 aromatic carbocycles. The molecular weight excluding hydrogens is 313 g/mol. The van der Waals surface area contributed by atoms with Gasteiger partial charge in [-0.2, -0.15) is 0 Å². The average Bonchev–Trinajstić information content (AvgIpc) is 2.63. The van der Waals surface area contributed by atoms with Gasteiger partial charge in [0.15, 0.2) is 0 Å². The van der Waals surface area contributed by atoms with E-state index in [1.807, 2.05) is 12.1 Å². The Bertz CT molecular complexity index is 367. The number of hydrogen-bond acceptors (Lipinski definition) is 3. The van der Waals surface area contributed by atoms with Crippen LogP contribution < -0.4 is 11.1 Å². The third kappa shape index (κ3) is 3.01. The molecule has 1 unspecified atom stereocenters. The lowest BCUT2D eigenvalue weighted by Gasteiger charge is -2.14. The lowest BCUT2D eigenvalue weighted by atomic mass is 10.1. The molecule has 1 aromatic rings. The Morgan fingerprint density at radius 1 is 1.56 bits per heavy atom. The number of nitrogens with two attached hydrogens (primary N) is 1. The van der Waals surface area contributed by atoms with E-state index in [9.17, 15) is 0 Å². The van der Waals surface area contributed by atoms with Crippen LogP contribution in [0.2, 0.25) is 0 Å². The van der Waals surface area contributed by atoms with Crippen molar-refractivity contribution in [2.75, 3.05) is 37.7 Å². The molecule has 0 radical (unpaired) electrons. The molecular formula is C12H18IN3. The van der Waals surface area contributed by atoms with Crippen LogP contribution in [0.15, 0.2) is 18.2 Å². The van der Waals surface area contributed by atoms with E-state index in [-0.39, 0.29) is 0 Å². The van der Waals surface area contributed by atoms with Crippen LogP contribution in [0.3, 0.4) is 0 Å². The van der Waals surface area contributed by atoms with Gasteiger partial charge in [-0.3, -0.25) is 0 Å². The third-order valence-electron chi connectivity index (χ3n) is 3.06. The number of halogens is 1. The molecule has 4 heteroatoms. The molecule has 0 saturated carbocycles. The molecule has 0 spiro atoms. The van der Waals surface area contributed by atoms with Gasteiger partial charge in [-0.05, 0) is 66.7 Å². The second-order valence-electron chi connectivity index (χ2n) is 4.54. The largest absolute Gasteiger partial charge is 0.399 e. The van der Waals surface area contributed by atoms with E-state index < -0.39 is 0 Å². The number of anilines is 2. The van der Waals surface area contributed by atoms with Crippen molar-refractivity contribution in [3.63, 3.8) is 0 Å². The number of nitrogens with one attached hydrogen (secondary N) is 1. The molecule has 2 rings (SSSR count). The SMILES string of the molecule is CN1CCC(CNc2ccc(N)cc2I)C1. The minimum atomic E-state index is 0.776. The molecule has 1 heterocycles. The van der Waals surface area contributed by atoms with Gasteiger partial charge in [-0.1, -0.05) is 0 Å². The van der Waals surface area contributed by atoms with Gasteiger partial charge in [0.25, 0.3) is 0 Å². The molecule has 3 N–H and O–H groups in total. The summed E-state index contributed by atoms with van der Waals surface area (Å²) in [5.74, 6) is 0.776. The number of likely N-dealkylation sites (tertiary alicyclic amines) is 1. The van der Waals surface area contributed by atoms with Gasteiger partial charge in [0.1, 0.15) is 0 Å². The first kappa shape index (κ1) is 12.0. The summed E-state index contributed by atoms with van der Waals surface area (Å²) >= 11 is 2.32. The second-order valence-corrected chi connectivity index (χ2v) is 5.70. The van der Waals surface area contributed by atoms with E-state index in [4.69, 9.17) is 5.73 Å². The van der Waals surface area contributed by atoms with Crippen LogP contribution in [0.1, 0.15) is 6.42 Å². The number of nitrogens with zero attached hydrogens (tertiary/aromatic N) is 1. The van der Waals surface area contributed by atoms with Crippen molar-refractivity contribution in [1.29, 1.82) is 0 Å². The molecule has 0 bridgehead atoms. The standard InChI is InChI=1S/C12H18IN3/c1-16-5-4-9(8-16)7-15-12-3-2-10(14)6-11(12)13/h2-3,6,9,15H,4-5,7-8,14H2,1H3. The molecule has 1 aliphatic heterocycles. The van der Waals surface area contributed by atoms with Gasteiger partial charge in [0, 0.05) is 28.0 Å². The molecule has 3 nitrogen and oxygen atoms in total. The van der Waals surface area contributed by atoms with Gasteiger partial charge >= 0.3 is 0 Å². The summed E-state index contributed by atoms with van der Waals surface area (Å²) < 4.78 is 1.20. The summed E-state index contributed by atoms with van der Waals surface area (Å²) in [6, 6.07) is 6.02. The minimum Gasteiger partial charge on any atom is -0.399 e. The zero-order chi connectivity index (χ0) is 11.5. The maximum absolute atomic E-state index is 5.72. The third-order valence-corrected chi connectivity index (χ3v) is 3.96. The monoisotopic (exact) mass is 331 g/mol. The van der Waals surface area contributed by atoms with Crippen LogP contribution in [0, 0.1) is 9.49 Å². The molecule has 0 amide bonds. The molecule has 88 valence electrons. The summed E-state index contributed by atoms with van der Waals surface area (Å²) in [5.41, 5.74) is 7.75. The van der Waals surface area contributed by atoms with Crippen molar-refractivity contribution >= 4 is 34.0 Å². The van der Waals surface area contributed by atoms with Crippen LogP contribution in [0.5, 0.6) is 0 Å². The molecule has 1 aliphatic rings. The molecule has 0 aliphatic carbocycles. The molecule has 1 fully saturated rings. The van der Waals surface area contributed by atoms with Gasteiger partial charge in [-0.25, -0.2) is 0 Å². The highest BCUT2D eigenvalue weighted by Crippen LogP contribution is 2.22. The summed E-state index contributed by atoms with van der Waals surface area (Å²) in [6.07, 6.45) is 1.30. The quantitative estimate of drug-likeness (QED) is 0.659. The van der Waals surface area contributed by atoms with Crippen molar-refractivity contribution in [3.8, 4) is 0 Å². The van der Waals surface area contributed by atoms with Crippen molar-refractivity contribution in [3.05, 3.63) is 21.8 Å². The number of rotatable bonds is 3. The Labute approximate surface area is 111 Å². The Morgan fingerprint density at radius 3 is 3.00 bits per heavy atom. The molecule has 0 aromatic heterocycles. The van der Waals surface area contributed by atoms with Gasteiger partial charge in [0.2, 0.25) is 0 Å². The second kappa shape index (κ2) is 5.23. The van der Waals surface area contributed by atoms with Crippen LogP contribution in [0.25, 0.3) is 0 Å². The van der Waals surface area contributed by atoms with Crippen LogP contribution in [-0.2, 0) is 0 Å². The number of benzene rings is 1. The van der Waals surface area contributed by atoms with E-state index in [0.29, 0.717) is 0 Å². The summed E-state index contributed by atoms with van der Waals surface area (Å²) in [5, 5.41) is 3.51. The maximum Gasteiger partial charge on any atom is 0.0477 e. The average molecular weight is 331 g/mol. The smallest absolute Gasteiger partial charge is 0.0477 e. The topological polar surface area (TPSA) is 41.3 Å². The maximum atomic E-state index is 5.72. The van der Waals surface area contributed by atoms with Crippen molar-refractivity contribution in [2.45, 2.75) is 6.42 Å². The first-order chi connectivity index (χ1) is 7.65. The fraction of sp³-hybridized carbons (Fsp3) is 0.500. The fourth-order valence-corrected chi connectivity index (χ4v) is 2.85. The summed E-state index contributed by atoms with van der Waals surface area (Å²) in [7, 11) is 2.19. The number of nitrogen functional groups attached to an aromatic ring is 1. The van der Waals surface area contributed by atoms with E-state index in [1.54, 1.807) is 0 Å². The number of hydrogen-bond donors (Lipinski definition) is 2. The molecule has 1 saturated heterocycles. The van der Waals surface area contributed by atoms with Gasteiger partial charge in [-0.15, -0.1) is 0 Å². The van der Waals surface area contributed by atoms with Crippen LogP contribution >= 0.6 is 22.6 Å². The zero-order valence-corrected chi connectivity index (χ0v) is 11.7. The highest BCUT2D eigenvalue weighted by Gasteiger charge is 2.18. The van der Waals surface area contributed by atoms with E-state index >= 15 is 0 Å².